The summed E-state index contributed by atoms with van der Waals surface area (Å²) in [5.41, 5.74) is 0. The minimum atomic E-state index is -0.191. The van der Waals surface area contributed by atoms with Crippen LogP contribution < -0.4 is 5.32 Å². The maximum Gasteiger partial charge on any atom is 0.243 e. The van der Waals surface area contributed by atoms with E-state index in [1.807, 2.05) is 6.07 Å². The first kappa shape index (κ1) is 14.2. The fourth-order valence-electron chi connectivity index (χ4n) is 0.791. The number of hydrogen-bond donors (Lipinski definition) is 3. The molecular formula is C12H17NO3. The molecule has 0 aliphatic rings. The van der Waals surface area contributed by atoms with Crippen LogP contribution in [0.5, 0.6) is 5.75 Å². The Labute approximate surface area is 95.2 Å². The Balaban J connectivity index is 0.000000288. The second kappa shape index (κ2) is 9.73. The largest absolute Gasteiger partial charge is 0.508 e. The van der Waals surface area contributed by atoms with Crippen molar-refractivity contribution in [3.63, 3.8) is 0 Å². The molecule has 0 unspecified atom stereocenters. The lowest BCUT2D eigenvalue weighted by Gasteiger charge is -1.96. The summed E-state index contributed by atoms with van der Waals surface area (Å²) in [5, 5.41) is 19.4. The number of aromatic hydroxyl groups is 1. The number of para-hydroxylation sites is 1. The molecule has 0 atom stereocenters. The minimum Gasteiger partial charge on any atom is -0.508 e. The van der Waals surface area contributed by atoms with Crippen molar-refractivity contribution < 1.29 is 15.0 Å². The number of carbonyl (C=O) groups is 1. The lowest BCUT2D eigenvalue weighted by Crippen LogP contribution is -2.22. The molecule has 0 fully saturated rings. The van der Waals surface area contributed by atoms with Gasteiger partial charge in [-0.1, -0.05) is 24.8 Å². The molecule has 0 aliphatic heterocycles. The molecule has 4 nitrogen and oxygen atoms in total. The summed E-state index contributed by atoms with van der Waals surface area (Å²) in [4.78, 5) is 10.4. The van der Waals surface area contributed by atoms with E-state index in [1.54, 1.807) is 24.3 Å². The molecule has 0 saturated heterocycles. The van der Waals surface area contributed by atoms with E-state index < -0.39 is 0 Å². The molecule has 0 aromatic heterocycles. The summed E-state index contributed by atoms with van der Waals surface area (Å²) in [6, 6.07) is 8.71. The van der Waals surface area contributed by atoms with Crippen molar-refractivity contribution in [2.45, 2.75) is 6.42 Å². The number of benzene rings is 1. The highest BCUT2D eigenvalue weighted by Gasteiger charge is 1.89. The summed E-state index contributed by atoms with van der Waals surface area (Å²) in [7, 11) is 0. The predicted molar refractivity (Wildman–Crippen MR) is 63.0 cm³/mol. The summed E-state index contributed by atoms with van der Waals surface area (Å²) < 4.78 is 0. The van der Waals surface area contributed by atoms with Crippen molar-refractivity contribution in [3.05, 3.63) is 43.0 Å². The normalized spacial score (nSPS) is 8.56. The molecule has 1 amide bonds. The van der Waals surface area contributed by atoms with Gasteiger partial charge in [-0.2, -0.15) is 0 Å². The Morgan fingerprint density at radius 1 is 1.38 bits per heavy atom. The van der Waals surface area contributed by atoms with Crippen molar-refractivity contribution in [2.24, 2.45) is 0 Å². The highest BCUT2D eigenvalue weighted by Crippen LogP contribution is 2.02. The van der Waals surface area contributed by atoms with Gasteiger partial charge in [0.15, 0.2) is 0 Å². The van der Waals surface area contributed by atoms with Crippen molar-refractivity contribution >= 4 is 5.91 Å². The molecule has 1 aromatic rings. The van der Waals surface area contributed by atoms with E-state index in [1.165, 1.54) is 6.08 Å². The standard InChI is InChI=1S/C6H11NO2.C6H6O/c1-2-6(9)7-4-3-5-8;7-6-4-2-1-3-5-6/h2,8H,1,3-5H2,(H,7,9);1-5,7H. The van der Waals surface area contributed by atoms with Crippen LogP contribution >= 0.6 is 0 Å². The van der Waals surface area contributed by atoms with Gasteiger partial charge in [0.25, 0.3) is 0 Å². The van der Waals surface area contributed by atoms with Gasteiger partial charge in [-0.25, -0.2) is 0 Å². The Kier molecular flexibility index (Phi) is 8.63. The van der Waals surface area contributed by atoms with Crippen molar-refractivity contribution in [1.82, 2.24) is 5.32 Å². The molecule has 0 aliphatic carbocycles. The van der Waals surface area contributed by atoms with Gasteiger partial charge in [0.2, 0.25) is 5.91 Å². The third kappa shape index (κ3) is 8.77. The molecule has 88 valence electrons. The Hall–Kier alpha value is -1.81. The molecule has 16 heavy (non-hydrogen) atoms. The number of amides is 1. The van der Waals surface area contributed by atoms with Gasteiger partial charge in [-0.15, -0.1) is 0 Å². The van der Waals surface area contributed by atoms with Gasteiger partial charge in [0.1, 0.15) is 5.75 Å². The minimum absolute atomic E-state index is 0.109. The Morgan fingerprint density at radius 2 is 2.00 bits per heavy atom. The van der Waals surface area contributed by atoms with Crippen molar-refractivity contribution in [3.8, 4) is 5.75 Å². The first-order valence-electron chi connectivity index (χ1n) is 4.96. The summed E-state index contributed by atoms with van der Waals surface area (Å²) in [5.74, 6) is 0.131. The SMILES string of the molecule is C=CC(=O)NCCCO.Oc1ccccc1. The molecule has 1 aromatic carbocycles. The zero-order valence-electron chi connectivity index (χ0n) is 9.10. The fraction of sp³-hybridized carbons (Fsp3) is 0.250. The topological polar surface area (TPSA) is 69.6 Å². The van der Waals surface area contributed by atoms with E-state index >= 15 is 0 Å². The number of phenols is 1. The fourth-order valence-corrected chi connectivity index (χ4v) is 0.791. The number of rotatable bonds is 4. The molecule has 0 spiro atoms. The first-order chi connectivity index (χ1) is 7.70. The maximum atomic E-state index is 10.4. The highest BCUT2D eigenvalue weighted by atomic mass is 16.3. The van der Waals surface area contributed by atoms with Gasteiger partial charge >= 0.3 is 0 Å². The van der Waals surface area contributed by atoms with Crippen LogP contribution in [-0.4, -0.2) is 29.3 Å². The third-order valence-electron chi connectivity index (χ3n) is 1.58. The van der Waals surface area contributed by atoms with Crippen LogP contribution in [-0.2, 0) is 4.79 Å². The predicted octanol–water partition coefficient (Wildman–Crippen LogP) is 1.06. The quantitative estimate of drug-likeness (QED) is 0.528. The maximum absolute atomic E-state index is 10.4. The molecule has 0 heterocycles. The molecular weight excluding hydrogens is 206 g/mol. The Bertz CT molecular complexity index is 298. The number of phenolic OH excluding ortho intramolecular Hbond substituents is 1. The van der Waals surface area contributed by atoms with E-state index in [0.29, 0.717) is 18.7 Å². The lowest BCUT2D eigenvalue weighted by molar-refractivity contribution is -0.116. The third-order valence-corrected chi connectivity index (χ3v) is 1.58. The van der Waals surface area contributed by atoms with Gasteiger partial charge in [0.05, 0.1) is 0 Å². The zero-order valence-corrected chi connectivity index (χ0v) is 9.10. The lowest BCUT2D eigenvalue weighted by atomic mass is 10.3. The second-order valence-electron chi connectivity index (χ2n) is 2.91. The number of nitrogens with one attached hydrogen (secondary N) is 1. The van der Waals surface area contributed by atoms with Gasteiger partial charge in [0, 0.05) is 13.2 Å². The molecule has 0 radical (unpaired) electrons. The molecule has 0 saturated carbocycles. The zero-order chi connectivity index (χ0) is 12.2. The van der Waals surface area contributed by atoms with Crippen LogP contribution in [0.3, 0.4) is 0 Å². The van der Waals surface area contributed by atoms with Crippen LogP contribution in [0.2, 0.25) is 0 Å². The smallest absolute Gasteiger partial charge is 0.243 e. The van der Waals surface area contributed by atoms with E-state index in [-0.39, 0.29) is 12.5 Å². The summed E-state index contributed by atoms with van der Waals surface area (Å²) in [6.07, 6.45) is 1.80. The Morgan fingerprint density at radius 3 is 2.38 bits per heavy atom. The monoisotopic (exact) mass is 223 g/mol. The average Bonchev–Trinajstić information content (AvgIpc) is 2.31. The van der Waals surface area contributed by atoms with Crippen LogP contribution in [0.25, 0.3) is 0 Å². The number of carbonyl (C=O) groups excluding carboxylic acids is 1. The van der Waals surface area contributed by atoms with E-state index in [2.05, 4.69) is 11.9 Å². The number of hydrogen-bond acceptors (Lipinski definition) is 3. The first-order valence-corrected chi connectivity index (χ1v) is 4.96. The molecule has 1 rings (SSSR count). The van der Waals surface area contributed by atoms with Crippen molar-refractivity contribution in [1.29, 1.82) is 0 Å². The van der Waals surface area contributed by atoms with E-state index in [9.17, 15) is 4.79 Å². The van der Waals surface area contributed by atoms with Crippen molar-refractivity contribution in [2.75, 3.05) is 13.2 Å². The second-order valence-corrected chi connectivity index (χ2v) is 2.91. The molecule has 0 bridgehead atoms. The highest BCUT2D eigenvalue weighted by molar-refractivity contribution is 5.86. The molecule has 4 heteroatoms. The van der Waals surface area contributed by atoms with Crippen LogP contribution in [0.15, 0.2) is 43.0 Å². The van der Waals surface area contributed by atoms with E-state index in [4.69, 9.17) is 10.2 Å². The number of aliphatic hydroxyl groups excluding tert-OH is 1. The van der Waals surface area contributed by atoms with Crippen LogP contribution in [0.1, 0.15) is 6.42 Å². The summed E-state index contributed by atoms with van der Waals surface area (Å²) in [6.45, 7) is 3.89. The average molecular weight is 223 g/mol. The van der Waals surface area contributed by atoms with Gasteiger partial charge < -0.3 is 15.5 Å². The summed E-state index contributed by atoms with van der Waals surface area (Å²) >= 11 is 0. The molecule has 3 N–H and O–H groups in total. The van der Waals surface area contributed by atoms with Gasteiger partial charge in [-0.3, -0.25) is 4.79 Å². The van der Waals surface area contributed by atoms with E-state index in [0.717, 1.165) is 0 Å². The number of aliphatic hydroxyl groups is 1. The van der Waals surface area contributed by atoms with Crippen LogP contribution in [0, 0.1) is 0 Å². The van der Waals surface area contributed by atoms with Crippen LogP contribution in [0.4, 0.5) is 0 Å². The van der Waals surface area contributed by atoms with Gasteiger partial charge in [-0.05, 0) is 24.6 Å².